The molecule has 141 heavy (non-hydrogen) atoms. The van der Waals surface area contributed by atoms with Crippen molar-refractivity contribution in [2.75, 3.05) is 73.1 Å². The summed E-state index contributed by atoms with van der Waals surface area (Å²) in [5.41, 5.74) is 11.1. The molecule has 0 amide bonds. The highest BCUT2D eigenvalue weighted by molar-refractivity contribution is 7.86. The second-order valence-electron chi connectivity index (χ2n) is 30.6. The van der Waals surface area contributed by atoms with Crippen molar-refractivity contribution in [3.63, 3.8) is 0 Å². The van der Waals surface area contributed by atoms with Crippen molar-refractivity contribution in [1.82, 2.24) is 29.9 Å². The molecule has 0 fully saturated rings. The molecule has 1 atom stereocenters. The van der Waals surface area contributed by atoms with Crippen molar-refractivity contribution in [2.45, 2.75) is 66.5 Å². The van der Waals surface area contributed by atoms with Gasteiger partial charge in [0.1, 0.15) is 33.7 Å². The molecule has 9 N–H and O–H groups in total. The normalized spacial score (nSPS) is 12.5. The van der Waals surface area contributed by atoms with Crippen LogP contribution in [-0.2, 0) is 73.9 Å². The van der Waals surface area contributed by atoms with Gasteiger partial charge in [-0.1, -0.05) is 48.5 Å². The highest BCUT2D eigenvalue weighted by Crippen LogP contribution is 2.39. The largest absolute Gasteiger partial charge is 0.493 e. The Balaban J connectivity index is 0.646. The van der Waals surface area contributed by atoms with Crippen molar-refractivity contribution in [3.8, 4) is 5.75 Å². The van der Waals surface area contributed by atoms with Crippen LogP contribution in [0, 0.1) is 27.7 Å². The average Bonchev–Trinajstić information content (AvgIpc) is 0.802. The molecule has 0 bridgehead atoms. The van der Waals surface area contributed by atoms with Crippen LogP contribution in [0.25, 0.3) is 0 Å². The number of hydrogen-bond donors (Lipinski definition) is 9. The summed E-state index contributed by atoms with van der Waals surface area (Å²) in [6.45, 7) is 8.25. The lowest BCUT2D eigenvalue weighted by Crippen LogP contribution is -2.17. The Hall–Kier alpha value is -15.9. The SMILES string of the molecule is Cc1cc(Nc2nc(NCCOCCOCCNc3nc(Cc4ccc(N=Nc5ccc(N=Nc6ccccc6)cc5S(=O)(=O)O)c(C)c4)nc(Cc4cc(C)c(N=Nc5ccc(N=Nc6ccc(S(=O)(=O)O)cc6)cc5)cc4OCCCS(=O)(=O)O)n3)nc(Nc3ccc(N=Nc4ccc(N=Nc5ccccc5)cc4S(=O)O)c(C)c3)n2)ccc1N=Nc1ccc(N=Nc2ccc(S(=O)(=O)O)cc2)cc1. The number of aromatic nitrogens is 6. The molecule has 0 saturated heterocycles. The minimum absolute atomic E-state index is 0.0152. The molecular weight excluding hydrogens is 1910 g/mol. The number of benzene rings is 12. The van der Waals surface area contributed by atoms with E-state index in [9.17, 15) is 60.6 Å². The van der Waals surface area contributed by atoms with Gasteiger partial charge in [0, 0.05) is 48.9 Å². The first-order valence-corrected chi connectivity index (χ1v) is 49.6. The maximum absolute atomic E-state index is 12.7. The zero-order chi connectivity index (χ0) is 99.5. The second-order valence-corrected chi connectivity index (χ2v) is 37.4. The smallest absolute Gasteiger partial charge is 0.296 e. The van der Waals surface area contributed by atoms with Crippen LogP contribution in [0.3, 0.4) is 0 Å². The van der Waals surface area contributed by atoms with Crippen LogP contribution >= 0.6 is 0 Å². The molecule has 0 radical (unpaired) electrons. The fraction of sp³-hybridized carbons (Fsp3) is 0.161. The highest BCUT2D eigenvalue weighted by atomic mass is 32.2. The van der Waals surface area contributed by atoms with E-state index in [1.165, 1.54) is 72.8 Å². The number of nitrogens with one attached hydrogen (secondary N) is 4. The third kappa shape index (κ3) is 31.1. The Morgan fingerprint density at radius 2 is 0.695 bits per heavy atom. The molecular formula is C93H86N26O17S5. The molecule has 0 aliphatic carbocycles. The van der Waals surface area contributed by atoms with Crippen molar-refractivity contribution in [3.05, 3.63) is 306 Å². The lowest BCUT2D eigenvalue weighted by Gasteiger charge is -2.15. The molecule has 14 rings (SSSR count). The Morgan fingerprint density at radius 1 is 0.326 bits per heavy atom. The molecule has 14 aromatic rings. The molecule has 43 nitrogen and oxygen atoms in total. The fourth-order valence-electron chi connectivity index (χ4n) is 12.9. The Bertz CT molecular complexity index is 7640. The number of rotatable bonds is 44. The van der Waals surface area contributed by atoms with Gasteiger partial charge in [-0.05, 0) is 268 Å². The topological polar surface area (TPSA) is 606 Å². The van der Waals surface area contributed by atoms with Crippen molar-refractivity contribution in [2.24, 2.45) is 81.8 Å². The van der Waals surface area contributed by atoms with Gasteiger partial charge in [0.15, 0.2) is 11.1 Å². The van der Waals surface area contributed by atoms with Crippen molar-refractivity contribution in [1.29, 1.82) is 0 Å². The zero-order valence-corrected chi connectivity index (χ0v) is 79.2. The summed E-state index contributed by atoms with van der Waals surface area (Å²) in [4.78, 5) is 27.6. The molecule has 48 heteroatoms. The van der Waals surface area contributed by atoms with E-state index in [0.29, 0.717) is 113 Å². The van der Waals surface area contributed by atoms with E-state index in [0.717, 1.165) is 17.2 Å². The first kappa shape index (κ1) is 101. The number of aryl methyl sites for hydroxylation is 4. The number of ether oxygens (including phenoxy) is 3. The van der Waals surface area contributed by atoms with Crippen LogP contribution in [0.1, 0.15) is 51.5 Å². The highest BCUT2D eigenvalue weighted by Gasteiger charge is 2.22. The average molecular weight is 2000 g/mol. The van der Waals surface area contributed by atoms with Crippen LogP contribution in [0.15, 0.2) is 362 Å². The minimum atomic E-state index is -4.81. The second kappa shape index (κ2) is 47.5. The van der Waals surface area contributed by atoms with Gasteiger partial charge < -0.3 is 40.0 Å². The molecule has 2 aromatic heterocycles. The first-order chi connectivity index (χ1) is 67.7. The maximum Gasteiger partial charge on any atom is 0.296 e. The standard InChI is InChI=1S/C93H86N26O17S5/c1-59-50-63(16-37-79(59)116-118-83-41-32-76(57-87(83)141(131,132)133)113-105-66-14-9-6-10-15-66)54-88-98-89(55-64-51-60(2)84(58-85(64)136-44-11-49-138(122,123)124)119-111-70-23-19-68(20-24-70)107-109-72-27-35-78(36-28-72)140(128,129)130)100-90(99-88)94-42-45-134-47-48-135-46-43-95-91-101-92(96-73-29-38-80(61(3)52-73)114-110-69-21-17-67(18-22-69)106-108-71-25-33-77(34-26-71)139(125,126)127)103-93(102-91)97-74-30-39-81(62(4)53-74)115-117-82-40-31-75(56-86(82)137(120)121)112-104-65-12-7-5-8-13-65/h5-10,12-41,50-53,56-58H,11,42-49,54-55H2,1-4H3,(H,120,121)(H,122,123,124)(H,125,126,127)(H,128,129,130)(H,131,132,133)(H,94,98,99,100)(H3,95,96,97,101,102,103). The lowest BCUT2D eigenvalue weighted by atomic mass is 10.0. The Morgan fingerprint density at radius 3 is 1.15 bits per heavy atom. The van der Waals surface area contributed by atoms with E-state index in [1.54, 1.807) is 159 Å². The van der Waals surface area contributed by atoms with Crippen molar-refractivity contribution >= 4 is 178 Å². The van der Waals surface area contributed by atoms with Gasteiger partial charge in [-0.15, -0.1) is 10.2 Å². The minimum Gasteiger partial charge on any atom is -0.493 e. The van der Waals surface area contributed by atoms with E-state index < -0.39 is 62.2 Å². The first-order valence-electron chi connectivity index (χ1n) is 42.6. The summed E-state index contributed by atoms with van der Waals surface area (Å²) in [5, 5.41) is 81.6. The zero-order valence-electron chi connectivity index (χ0n) is 75.1. The van der Waals surface area contributed by atoms with Gasteiger partial charge in [0.05, 0.1) is 133 Å². The van der Waals surface area contributed by atoms with Gasteiger partial charge in [-0.2, -0.15) is 130 Å². The third-order valence-corrected chi connectivity index (χ3v) is 24.0. The quantitative estimate of drug-likeness (QED) is 0.00741. The van der Waals surface area contributed by atoms with Gasteiger partial charge in [-0.25, -0.2) is 9.19 Å². The number of nitrogens with zero attached hydrogens (tertiary/aromatic N) is 22. The van der Waals surface area contributed by atoms with E-state index in [1.807, 2.05) is 50.2 Å². The van der Waals surface area contributed by atoms with E-state index in [2.05, 4.69) is 103 Å². The van der Waals surface area contributed by atoms with Crippen LogP contribution in [0.4, 0.5) is 126 Å². The van der Waals surface area contributed by atoms with Gasteiger partial charge in [0.2, 0.25) is 23.8 Å². The summed E-state index contributed by atoms with van der Waals surface area (Å²) in [6.07, 6.45) is 0.115. The lowest BCUT2D eigenvalue weighted by molar-refractivity contribution is 0.0556. The number of azo groups is 8. The monoisotopic (exact) mass is 2000 g/mol. The fourth-order valence-corrected chi connectivity index (χ4v) is 15.5. The summed E-state index contributed by atoms with van der Waals surface area (Å²) in [5.74, 6) is 0.947. The van der Waals surface area contributed by atoms with Crippen molar-refractivity contribution < 1.29 is 74.9 Å². The molecule has 0 aliphatic heterocycles. The van der Waals surface area contributed by atoms with Crippen LogP contribution in [0.2, 0.25) is 0 Å². The maximum atomic E-state index is 12.7. The summed E-state index contributed by atoms with van der Waals surface area (Å²) in [7, 11) is -17.9. The predicted octanol–water partition coefficient (Wildman–Crippen LogP) is 23.8. The van der Waals surface area contributed by atoms with Crippen LogP contribution in [0.5, 0.6) is 5.75 Å². The Kier molecular flexibility index (Phi) is 34.0. The molecule has 720 valence electrons. The van der Waals surface area contributed by atoms with E-state index >= 15 is 0 Å². The molecule has 0 saturated carbocycles. The van der Waals surface area contributed by atoms with E-state index in [-0.39, 0.29) is 133 Å². The number of hydrogen-bond acceptors (Lipinski definition) is 38. The van der Waals surface area contributed by atoms with Gasteiger partial charge >= 0.3 is 0 Å². The predicted molar refractivity (Wildman–Crippen MR) is 525 cm³/mol. The van der Waals surface area contributed by atoms with Gasteiger partial charge in [-0.3, -0.25) is 18.2 Å². The molecule has 0 aliphatic rings. The summed E-state index contributed by atoms with van der Waals surface area (Å²) < 4.78 is 175. The molecule has 12 aromatic carbocycles. The third-order valence-electron chi connectivity index (χ3n) is 19.9. The van der Waals surface area contributed by atoms with Crippen LogP contribution in [-0.4, -0.2) is 142 Å². The van der Waals surface area contributed by atoms with Crippen LogP contribution < -0.4 is 26.0 Å². The van der Waals surface area contributed by atoms with Gasteiger partial charge in [0.25, 0.3) is 40.5 Å². The molecule has 2 heterocycles. The number of anilines is 6. The summed E-state index contributed by atoms with van der Waals surface area (Å²) in [6, 6.07) is 69.5. The Labute approximate surface area is 810 Å². The molecule has 1 unspecified atom stereocenters. The van der Waals surface area contributed by atoms with E-state index in [4.69, 9.17) is 44.1 Å². The molecule has 0 spiro atoms. The summed E-state index contributed by atoms with van der Waals surface area (Å²) >= 11 is -2.44.